The highest BCUT2D eigenvalue weighted by molar-refractivity contribution is 6.06. The molecular weight excluding hydrogens is 630 g/mol. The second-order valence-corrected chi connectivity index (χ2v) is 13.3. The average molecular weight is 698 g/mol. The first kappa shape index (κ1) is 41.3. The van der Waals surface area contributed by atoms with E-state index in [1.807, 2.05) is 26.0 Å². The Hall–Kier alpha value is -3.12. The number of imidazole rings is 1. The molecule has 1 unspecified atom stereocenters. The normalized spacial score (nSPS) is 14.1. The van der Waals surface area contributed by atoms with Crippen molar-refractivity contribution < 1.29 is 20.5 Å². The smallest absolute Gasteiger partial charge is 0.222 e. The monoisotopic (exact) mass is 698 g/mol. The van der Waals surface area contributed by atoms with Gasteiger partial charge < -0.3 is 35.7 Å². The summed E-state index contributed by atoms with van der Waals surface area (Å²) in [5.41, 5.74) is 9.28. The van der Waals surface area contributed by atoms with Gasteiger partial charge in [0.15, 0.2) is 5.82 Å². The van der Waals surface area contributed by atoms with Gasteiger partial charge in [-0.05, 0) is 76.6 Å². The number of carbonyl (C=O) groups is 2. The zero-order valence-electron chi connectivity index (χ0n) is 31.4. The molecule has 2 aromatic heterocycles. The van der Waals surface area contributed by atoms with Gasteiger partial charge >= 0.3 is 0 Å². The number of nitrogens with two attached hydrogens (primary N) is 1. The summed E-state index contributed by atoms with van der Waals surface area (Å²) in [6.45, 7) is 15.3. The summed E-state index contributed by atoms with van der Waals surface area (Å²) >= 11 is 0. The Balaban J connectivity index is 0.000000347. The molecule has 1 atom stereocenters. The van der Waals surface area contributed by atoms with Gasteiger partial charge in [-0.25, -0.2) is 9.97 Å². The highest BCUT2D eigenvalue weighted by atomic mass is 16.5. The minimum atomic E-state index is -0.0429. The van der Waals surface area contributed by atoms with Crippen LogP contribution in [0.2, 0.25) is 0 Å². The second-order valence-electron chi connectivity index (χ2n) is 13.3. The van der Waals surface area contributed by atoms with Crippen molar-refractivity contribution in [1.29, 1.82) is 0 Å². The zero-order chi connectivity index (χ0) is 36.0. The molecule has 1 aromatic carbocycles. The number of rotatable bonds is 23. The molecule has 1 aliphatic rings. The van der Waals surface area contributed by atoms with Crippen molar-refractivity contribution in [3.8, 4) is 0 Å². The molecule has 3 aromatic rings. The maximum absolute atomic E-state index is 11.8. The first-order valence-electron chi connectivity index (χ1n) is 19.4. The van der Waals surface area contributed by atoms with Gasteiger partial charge in [-0.15, -0.1) is 0 Å². The molecule has 11 nitrogen and oxygen atoms in total. The number of amides is 1. The van der Waals surface area contributed by atoms with Gasteiger partial charge in [-0.1, -0.05) is 58.7 Å². The second kappa shape index (κ2) is 24.1. The number of ketones is 1. The first-order valence-corrected chi connectivity index (χ1v) is 19.4. The fraction of sp³-hybridized carbons (Fsp3) is 0.692. The lowest BCUT2D eigenvalue weighted by Gasteiger charge is -2.24. The molecule has 3 heterocycles. The van der Waals surface area contributed by atoms with Gasteiger partial charge in [0.1, 0.15) is 17.1 Å². The molecular formula is C39H67N7O4. The molecule has 50 heavy (non-hydrogen) atoms. The number of nitrogens with one attached hydrogen (secondary N) is 3. The van der Waals surface area contributed by atoms with Crippen LogP contribution < -0.4 is 21.7 Å². The molecule has 11 heteroatoms. The summed E-state index contributed by atoms with van der Waals surface area (Å²) in [6.07, 6.45) is 11.6. The Labute approximate surface area is 301 Å². The summed E-state index contributed by atoms with van der Waals surface area (Å²) in [4.78, 5) is 32.9. The van der Waals surface area contributed by atoms with Crippen molar-refractivity contribution in [2.24, 2.45) is 5.92 Å². The van der Waals surface area contributed by atoms with E-state index in [4.69, 9.17) is 20.2 Å². The number of unbranched alkanes of at least 4 members (excludes halogenated alkanes) is 3. The number of anilines is 1. The number of benzene rings is 1. The minimum Gasteiger partial charge on any atom is -0.382 e. The number of hydrogen-bond donors (Lipinski definition) is 4. The topological polar surface area (TPSA) is 145 Å². The summed E-state index contributed by atoms with van der Waals surface area (Å²) < 4.78 is 13.2. The van der Waals surface area contributed by atoms with Gasteiger partial charge in [0.25, 0.3) is 0 Å². The van der Waals surface area contributed by atoms with E-state index in [1.165, 1.54) is 30.6 Å². The number of fused-ring (bicyclic) bond motifs is 3. The molecule has 1 fully saturated rings. The lowest BCUT2D eigenvalue weighted by Crippen LogP contribution is -2.36. The molecule has 0 aliphatic carbocycles. The van der Waals surface area contributed by atoms with Crippen LogP contribution in [0.4, 0.5) is 5.82 Å². The van der Waals surface area contributed by atoms with Crippen molar-refractivity contribution in [3.05, 3.63) is 30.1 Å². The Morgan fingerprint density at radius 2 is 1.72 bits per heavy atom. The van der Waals surface area contributed by atoms with E-state index in [2.05, 4.69) is 51.5 Å². The SMILES string of the molecule is CCCCOCCOCCC(=O)NCCCCC(NCC)C(=O)CC.CCCCc1nc2c(N)nc3ccccc3c2n1CC1CCNCC1.[HH]. The quantitative estimate of drug-likeness (QED) is 0.0850. The zero-order valence-corrected chi connectivity index (χ0v) is 31.4. The van der Waals surface area contributed by atoms with Crippen molar-refractivity contribution in [2.75, 3.05) is 58.3 Å². The van der Waals surface area contributed by atoms with Gasteiger partial charge in [-0.2, -0.15) is 0 Å². The van der Waals surface area contributed by atoms with Crippen molar-refractivity contribution in [1.82, 2.24) is 30.5 Å². The number of ether oxygens (including phenoxy) is 2. The molecule has 0 spiro atoms. The van der Waals surface area contributed by atoms with E-state index in [1.54, 1.807) is 0 Å². The van der Waals surface area contributed by atoms with Crippen LogP contribution in [0.5, 0.6) is 0 Å². The van der Waals surface area contributed by atoms with Gasteiger partial charge in [0.05, 0.1) is 36.9 Å². The number of para-hydroxylation sites is 1. The third-order valence-electron chi connectivity index (χ3n) is 9.26. The predicted molar refractivity (Wildman–Crippen MR) is 207 cm³/mol. The molecule has 1 aliphatic heterocycles. The summed E-state index contributed by atoms with van der Waals surface area (Å²) in [6, 6.07) is 8.24. The number of likely N-dealkylation sites (N-methyl/N-ethyl adjacent to an activating group) is 1. The third kappa shape index (κ3) is 13.9. The Kier molecular flexibility index (Phi) is 19.9. The standard InChI is InChI=1S/C20H27N5.C19H38N2O4.H2/c1-2-3-8-17-24-18-19(25(17)13-14-9-11-22-12-10-14)15-6-4-5-7-16(15)23-20(18)21;1-4-7-13-24-15-16-25-14-11-19(23)21-12-9-8-10-17(20-6-3)18(22)5-2;/h4-7,14,22H,2-3,8-13H2,1H3,(H2,21,23);17,20H,4-16H2,1-3H3,(H,21,23);1H. The Bertz CT molecular complexity index is 1410. The van der Waals surface area contributed by atoms with Crippen LogP contribution in [-0.4, -0.2) is 84.9 Å². The largest absolute Gasteiger partial charge is 0.382 e. The number of nitrogen functional groups attached to an aromatic ring is 1. The van der Waals surface area contributed by atoms with Crippen LogP contribution >= 0.6 is 0 Å². The maximum Gasteiger partial charge on any atom is 0.222 e. The highest BCUT2D eigenvalue weighted by Gasteiger charge is 2.21. The number of pyridine rings is 1. The molecule has 0 radical (unpaired) electrons. The van der Waals surface area contributed by atoms with Crippen molar-refractivity contribution >= 4 is 39.4 Å². The first-order chi connectivity index (χ1) is 24.4. The van der Waals surface area contributed by atoms with Crippen LogP contribution in [0.15, 0.2) is 24.3 Å². The van der Waals surface area contributed by atoms with E-state index in [0.29, 0.717) is 50.9 Å². The summed E-state index contributed by atoms with van der Waals surface area (Å²) in [5.74, 6) is 2.70. The molecule has 5 N–H and O–H groups in total. The summed E-state index contributed by atoms with van der Waals surface area (Å²) in [7, 11) is 0. The number of carbonyl (C=O) groups excluding carboxylic acids is 2. The highest BCUT2D eigenvalue weighted by Crippen LogP contribution is 2.31. The Morgan fingerprint density at radius 1 is 0.980 bits per heavy atom. The van der Waals surface area contributed by atoms with Crippen LogP contribution in [0.25, 0.3) is 21.9 Å². The van der Waals surface area contributed by atoms with E-state index < -0.39 is 0 Å². The predicted octanol–water partition coefficient (Wildman–Crippen LogP) is 6.21. The number of piperidine rings is 1. The van der Waals surface area contributed by atoms with Crippen molar-refractivity contribution in [2.45, 2.75) is 117 Å². The van der Waals surface area contributed by atoms with E-state index in [9.17, 15) is 9.59 Å². The fourth-order valence-corrected chi connectivity index (χ4v) is 6.34. The number of nitrogens with zero attached hydrogens (tertiary/aromatic N) is 3. The molecule has 1 amide bonds. The molecule has 0 bridgehead atoms. The average Bonchev–Trinajstić information content (AvgIpc) is 3.50. The summed E-state index contributed by atoms with van der Waals surface area (Å²) in [5, 5.41) is 10.7. The number of Topliss-reactive ketones (excluding diaryl/α,β-unsaturated/α-hetero) is 1. The van der Waals surface area contributed by atoms with E-state index in [-0.39, 0.29) is 19.2 Å². The van der Waals surface area contributed by atoms with Crippen LogP contribution in [0, 0.1) is 5.92 Å². The molecule has 4 rings (SSSR count). The fourth-order valence-electron chi connectivity index (χ4n) is 6.34. The van der Waals surface area contributed by atoms with E-state index in [0.717, 1.165) is 94.2 Å². The molecule has 1 saturated heterocycles. The molecule has 0 saturated carbocycles. The van der Waals surface area contributed by atoms with Gasteiger partial charge in [0, 0.05) is 45.8 Å². The third-order valence-corrected chi connectivity index (χ3v) is 9.26. The maximum atomic E-state index is 11.8. The lowest BCUT2D eigenvalue weighted by atomic mass is 9.98. The van der Waals surface area contributed by atoms with Crippen LogP contribution in [-0.2, 0) is 32.0 Å². The van der Waals surface area contributed by atoms with Crippen LogP contribution in [0.1, 0.15) is 106 Å². The number of aryl methyl sites for hydroxylation is 1. The molecule has 282 valence electrons. The van der Waals surface area contributed by atoms with Gasteiger partial charge in [-0.3, -0.25) is 9.59 Å². The van der Waals surface area contributed by atoms with Crippen molar-refractivity contribution in [3.63, 3.8) is 0 Å². The lowest BCUT2D eigenvalue weighted by molar-refractivity contribution is -0.122. The van der Waals surface area contributed by atoms with E-state index >= 15 is 0 Å². The van der Waals surface area contributed by atoms with Gasteiger partial charge in [0.2, 0.25) is 5.91 Å². The number of aromatic nitrogens is 3. The minimum absolute atomic E-state index is 0. The Morgan fingerprint density at radius 3 is 2.44 bits per heavy atom. The van der Waals surface area contributed by atoms with Crippen LogP contribution in [0.3, 0.4) is 0 Å². The number of hydrogen-bond acceptors (Lipinski definition) is 9.